The van der Waals surface area contributed by atoms with E-state index in [0.717, 1.165) is 12.3 Å². The molecule has 2 N–H and O–H groups in total. The molecular formula is C17H21N. The Hall–Kier alpha value is -1.34. The first-order valence-corrected chi connectivity index (χ1v) is 6.99. The maximum atomic E-state index is 6.47. The molecule has 0 amide bonds. The Bertz CT molecular complexity index is 555. The van der Waals surface area contributed by atoms with Gasteiger partial charge in [0.2, 0.25) is 0 Å². The highest BCUT2D eigenvalue weighted by molar-refractivity contribution is 5.87. The zero-order chi connectivity index (χ0) is 12.5. The highest BCUT2D eigenvalue weighted by atomic mass is 14.6. The number of nitrogens with two attached hydrogens (primary N) is 1. The number of fused-ring (bicyclic) bond motifs is 1. The van der Waals surface area contributed by atoms with Crippen LogP contribution < -0.4 is 5.73 Å². The molecule has 18 heavy (non-hydrogen) atoms. The van der Waals surface area contributed by atoms with Crippen LogP contribution >= 0.6 is 0 Å². The second-order valence-corrected chi connectivity index (χ2v) is 5.66. The molecular weight excluding hydrogens is 218 g/mol. The number of benzene rings is 2. The first kappa shape index (κ1) is 11.7. The zero-order valence-electron chi connectivity index (χ0n) is 11.0. The quantitative estimate of drug-likeness (QED) is 0.847. The molecule has 1 aliphatic carbocycles. The monoisotopic (exact) mass is 239 g/mol. The second kappa shape index (κ2) is 4.74. The van der Waals surface area contributed by atoms with E-state index in [1.54, 1.807) is 0 Å². The fourth-order valence-electron chi connectivity index (χ4n) is 3.10. The van der Waals surface area contributed by atoms with E-state index in [2.05, 4.69) is 43.3 Å². The Morgan fingerprint density at radius 3 is 2.67 bits per heavy atom. The van der Waals surface area contributed by atoms with Crippen molar-refractivity contribution in [3.8, 4) is 0 Å². The first-order chi connectivity index (χ1) is 8.75. The smallest absolute Gasteiger partial charge is 0.0306 e. The molecule has 3 rings (SSSR count). The van der Waals surface area contributed by atoms with Gasteiger partial charge in [0.25, 0.3) is 0 Å². The lowest BCUT2D eigenvalue weighted by Crippen LogP contribution is -2.21. The molecule has 2 aromatic carbocycles. The average molecular weight is 239 g/mol. The van der Waals surface area contributed by atoms with E-state index in [1.165, 1.54) is 41.2 Å². The Kier molecular flexibility index (Phi) is 3.09. The van der Waals surface area contributed by atoms with Gasteiger partial charge in [-0.25, -0.2) is 0 Å². The fourth-order valence-corrected chi connectivity index (χ4v) is 3.10. The lowest BCUT2D eigenvalue weighted by molar-refractivity contribution is 0.277. The van der Waals surface area contributed by atoms with Gasteiger partial charge >= 0.3 is 0 Å². The third kappa shape index (κ3) is 2.04. The zero-order valence-corrected chi connectivity index (χ0v) is 11.0. The predicted molar refractivity (Wildman–Crippen MR) is 77.6 cm³/mol. The van der Waals surface area contributed by atoms with E-state index < -0.39 is 0 Å². The normalized spacial score (nSPS) is 17.7. The average Bonchev–Trinajstić information content (AvgIpc) is 2.33. The van der Waals surface area contributed by atoms with Gasteiger partial charge in [-0.15, -0.1) is 0 Å². The van der Waals surface area contributed by atoms with Crippen molar-refractivity contribution in [1.29, 1.82) is 0 Å². The predicted octanol–water partition coefficient (Wildman–Crippen LogP) is 4.34. The molecule has 0 heterocycles. The van der Waals surface area contributed by atoms with Gasteiger partial charge in [-0.1, -0.05) is 55.7 Å². The Labute approximate surface area is 109 Å². The van der Waals surface area contributed by atoms with Crippen LogP contribution in [0.5, 0.6) is 0 Å². The van der Waals surface area contributed by atoms with Crippen LogP contribution in [-0.2, 0) is 0 Å². The van der Waals surface area contributed by atoms with Crippen molar-refractivity contribution in [3.05, 3.63) is 47.5 Å². The van der Waals surface area contributed by atoms with Crippen molar-refractivity contribution in [2.24, 2.45) is 11.7 Å². The number of hydrogen-bond donors (Lipinski definition) is 1. The standard InChI is InChI=1S/C17H21N/c1-12-9-10-14-7-2-3-8-15(14)17(12)16(18)11-13-5-4-6-13/h2-3,7-10,13,16H,4-6,11,18H2,1H3. The van der Waals surface area contributed by atoms with Gasteiger partial charge in [-0.3, -0.25) is 0 Å². The van der Waals surface area contributed by atoms with Crippen LogP contribution in [-0.4, -0.2) is 0 Å². The highest BCUT2D eigenvalue weighted by Gasteiger charge is 2.22. The van der Waals surface area contributed by atoms with Crippen LogP contribution in [0.3, 0.4) is 0 Å². The second-order valence-electron chi connectivity index (χ2n) is 5.66. The SMILES string of the molecule is Cc1ccc2ccccc2c1C(N)CC1CCC1. The molecule has 0 bridgehead atoms. The van der Waals surface area contributed by atoms with Crippen molar-refractivity contribution in [2.45, 2.75) is 38.6 Å². The van der Waals surface area contributed by atoms with Gasteiger partial charge in [-0.2, -0.15) is 0 Å². The molecule has 0 aromatic heterocycles. The van der Waals surface area contributed by atoms with Crippen LogP contribution in [0.25, 0.3) is 10.8 Å². The van der Waals surface area contributed by atoms with Gasteiger partial charge in [0, 0.05) is 6.04 Å². The molecule has 1 unspecified atom stereocenters. The van der Waals surface area contributed by atoms with E-state index in [9.17, 15) is 0 Å². The number of hydrogen-bond acceptors (Lipinski definition) is 1. The number of rotatable bonds is 3. The van der Waals surface area contributed by atoms with Crippen molar-refractivity contribution in [1.82, 2.24) is 0 Å². The summed E-state index contributed by atoms with van der Waals surface area (Å²) < 4.78 is 0. The van der Waals surface area contributed by atoms with Crippen LogP contribution in [0.1, 0.15) is 42.9 Å². The Morgan fingerprint density at radius 1 is 1.17 bits per heavy atom. The first-order valence-electron chi connectivity index (χ1n) is 6.99. The van der Waals surface area contributed by atoms with Crippen molar-refractivity contribution in [3.63, 3.8) is 0 Å². The lowest BCUT2D eigenvalue weighted by atomic mass is 9.78. The van der Waals surface area contributed by atoms with E-state index in [-0.39, 0.29) is 6.04 Å². The van der Waals surface area contributed by atoms with Crippen LogP contribution in [0.2, 0.25) is 0 Å². The van der Waals surface area contributed by atoms with Crippen LogP contribution in [0, 0.1) is 12.8 Å². The van der Waals surface area contributed by atoms with Gasteiger partial charge in [0.15, 0.2) is 0 Å². The van der Waals surface area contributed by atoms with E-state index >= 15 is 0 Å². The molecule has 94 valence electrons. The minimum absolute atomic E-state index is 0.196. The third-order valence-electron chi connectivity index (χ3n) is 4.37. The maximum absolute atomic E-state index is 6.47. The maximum Gasteiger partial charge on any atom is 0.0306 e. The molecule has 2 aromatic rings. The molecule has 0 saturated heterocycles. The van der Waals surface area contributed by atoms with Crippen LogP contribution in [0.4, 0.5) is 0 Å². The van der Waals surface area contributed by atoms with Gasteiger partial charge in [0.05, 0.1) is 0 Å². The summed E-state index contributed by atoms with van der Waals surface area (Å²) in [4.78, 5) is 0. The minimum Gasteiger partial charge on any atom is -0.324 e. The molecule has 1 nitrogen and oxygen atoms in total. The molecule has 0 radical (unpaired) electrons. The summed E-state index contributed by atoms with van der Waals surface area (Å²) in [5.74, 6) is 0.860. The summed E-state index contributed by atoms with van der Waals surface area (Å²) in [6.07, 6.45) is 5.29. The van der Waals surface area contributed by atoms with Crippen molar-refractivity contribution < 1.29 is 0 Å². The summed E-state index contributed by atoms with van der Waals surface area (Å²) in [5.41, 5.74) is 9.17. The van der Waals surface area contributed by atoms with E-state index in [1.807, 2.05) is 0 Å². The van der Waals surface area contributed by atoms with E-state index in [0.29, 0.717) is 0 Å². The largest absolute Gasteiger partial charge is 0.324 e. The fraction of sp³-hybridized carbons (Fsp3) is 0.412. The third-order valence-corrected chi connectivity index (χ3v) is 4.37. The van der Waals surface area contributed by atoms with Crippen molar-refractivity contribution in [2.75, 3.05) is 0 Å². The van der Waals surface area contributed by atoms with Gasteiger partial charge in [0.1, 0.15) is 0 Å². The molecule has 0 aliphatic heterocycles. The van der Waals surface area contributed by atoms with Gasteiger partial charge < -0.3 is 5.73 Å². The molecule has 1 aliphatic rings. The molecule has 1 atom stereocenters. The Balaban J connectivity index is 2.00. The van der Waals surface area contributed by atoms with Crippen LogP contribution in [0.15, 0.2) is 36.4 Å². The highest BCUT2D eigenvalue weighted by Crippen LogP contribution is 2.36. The summed E-state index contributed by atoms with van der Waals surface area (Å²) in [6, 6.07) is 13.2. The molecule has 1 saturated carbocycles. The molecule has 1 fully saturated rings. The Morgan fingerprint density at radius 2 is 1.94 bits per heavy atom. The lowest BCUT2D eigenvalue weighted by Gasteiger charge is -2.29. The molecule has 1 heteroatoms. The number of aryl methyl sites for hydroxylation is 1. The van der Waals surface area contributed by atoms with Gasteiger partial charge in [-0.05, 0) is 41.2 Å². The summed E-state index contributed by atoms with van der Waals surface area (Å²) >= 11 is 0. The van der Waals surface area contributed by atoms with E-state index in [4.69, 9.17) is 5.73 Å². The molecule has 0 spiro atoms. The summed E-state index contributed by atoms with van der Waals surface area (Å²) in [5, 5.41) is 2.64. The van der Waals surface area contributed by atoms with Crippen molar-refractivity contribution >= 4 is 10.8 Å². The summed E-state index contributed by atoms with van der Waals surface area (Å²) in [7, 11) is 0. The minimum atomic E-state index is 0.196. The summed E-state index contributed by atoms with van der Waals surface area (Å²) in [6.45, 7) is 2.18. The topological polar surface area (TPSA) is 26.0 Å².